The first-order valence-corrected chi connectivity index (χ1v) is 13.3. The van der Waals surface area contributed by atoms with E-state index in [2.05, 4.69) is 27.6 Å². The Morgan fingerprint density at radius 3 is 2.65 bits per heavy atom. The highest BCUT2D eigenvalue weighted by Gasteiger charge is 2.49. The summed E-state index contributed by atoms with van der Waals surface area (Å²) in [6.07, 6.45) is 0.109. The molecule has 0 saturated carbocycles. The van der Waals surface area contributed by atoms with Crippen molar-refractivity contribution in [1.82, 2.24) is 0 Å². The highest BCUT2D eigenvalue weighted by Crippen LogP contribution is 2.41. The summed E-state index contributed by atoms with van der Waals surface area (Å²) in [5.74, 6) is 1.02. The largest absolute Gasteiger partial charge is 0.493 e. The fourth-order valence-corrected chi connectivity index (χ4v) is 8.26. The van der Waals surface area contributed by atoms with Gasteiger partial charge in [0.2, 0.25) is 0 Å². The summed E-state index contributed by atoms with van der Waals surface area (Å²) in [5, 5.41) is 0.424. The van der Waals surface area contributed by atoms with E-state index >= 15 is 0 Å². The zero-order chi connectivity index (χ0) is 22.2. The van der Waals surface area contributed by atoms with E-state index in [4.69, 9.17) is 9.47 Å². The van der Waals surface area contributed by atoms with Crippen LogP contribution in [0.3, 0.4) is 0 Å². The molecule has 2 unspecified atom stereocenters. The van der Waals surface area contributed by atoms with Crippen LogP contribution in [0, 0.1) is 3.57 Å². The van der Waals surface area contributed by atoms with E-state index in [1.807, 2.05) is 29.2 Å². The number of hydrogen-bond donors (Lipinski definition) is 0. The van der Waals surface area contributed by atoms with E-state index in [-0.39, 0.29) is 35.1 Å². The summed E-state index contributed by atoms with van der Waals surface area (Å²) < 4.78 is 36.0. The predicted octanol–water partition coefficient (Wildman–Crippen LogP) is 3.15. The van der Waals surface area contributed by atoms with Crippen LogP contribution in [-0.4, -0.2) is 56.5 Å². The molecule has 7 nitrogen and oxygen atoms in total. The van der Waals surface area contributed by atoms with E-state index in [0.717, 1.165) is 14.8 Å². The van der Waals surface area contributed by atoms with Gasteiger partial charge < -0.3 is 14.4 Å². The van der Waals surface area contributed by atoms with Crippen LogP contribution in [0.4, 0.5) is 5.69 Å². The number of amides is 1. The predicted molar refractivity (Wildman–Crippen MR) is 131 cm³/mol. The lowest BCUT2D eigenvalue weighted by Crippen LogP contribution is -2.37. The van der Waals surface area contributed by atoms with Crippen molar-refractivity contribution < 1.29 is 22.7 Å². The molecule has 2 fully saturated rings. The van der Waals surface area contributed by atoms with Gasteiger partial charge in [0.25, 0.3) is 5.91 Å². The van der Waals surface area contributed by atoms with Crippen molar-refractivity contribution in [3.05, 3.63) is 51.6 Å². The van der Waals surface area contributed by atoms with Crippen LogP contribution in [-0.2, 0) is 21.1 Å². The molecule has 0 aliphatic carbocycles. The summed E-state index contributed by atoms with van der Waals surface area (Å²) in [5.41, 5.74) is 1.61. The summed E-state index contributed by atoms with van der Waals surface area (Å²) in [6.45, 7) is 0. The minimum absolute atomic E-state index is 0.0685. The number of methoxy groups -OCH3 is 2. The second kappa shape index (κ2) is 8.99. The van der Waals surface area contributed by atoms with Gasteiger partial charge in [-0.3, -0.25) is 4.79 Å². The van der Waals surface area contributed by atoms with Gasteiger partial charge in [-0.25, -0.2) is 8.42 Å². The van der Waals surface area contributed by atoms with Crippen molar-refractivity contribution in [2.24, 2.45) is 4.99 Å². The monoisotopic (exact) mass is 572 g/mol. The first-order valence-electron chi connectivity index (χ1n) is 9.54. The summed E-state index contributed by atoms with van der Waals surface area (Å²) in [6, 6.07) is 12.9. The average molecular weight is 572 g/mol. The summed E-state index contributed by atoms with van der Waals surface area (Å²) >= 11 is 3.59. The van der Waals surface area contributed by atoms with E-state index in [9.17, 15) is 13.2 Å². The summed E-state index contributed by atoms with van der Waals surface area (Å²) in [4.78, 5) is 19.1. The number of benzene rings is 2. The van der Waals surface area contributed by atoms with Crippen molar-refractivity contribution in [1.29, 1.82) is 0 Å². The number of thioether (sulfide) groups is 1. The lowest BCUT2D eigenvalue weighted by Gasteiger charge is -2.24. The first-order chi connectivity index (χ1) is 14.8. The average Bonchev–Trinajstić information content (AvgIpc) is 3.18. The van der Waals surface area contributed by atoms with Crippen molar-refractivity contribution in [3.63, 3.8) is 0 Å². The maximum Gasteiger partial charge on any atom is 0.252 e. The Hall–Kier alpha value is -1.79. The molecule has 0 bridgehead atoms. The molecular weight excluding hydrogens is 551 g/mol. The molecule has 2 aliphatic heterocycles. The van der Waals surface area contributed by atoms with Crippen LogP contribution >= 0.6 is 34.4 Å². The Bertz CT molecular complexity index is 1150. The number of nitrogens with zero attached hydrogens (tertiary/aromatic N) is 2. The standard InChI is InChI=1S/C21H21IN2O5S2/c1-28-17-7-6-13(8-18(17)29-2)9-20(25)23-21-24(15-5-3-4-14(22)10-15)16-11-31(26,27)12-19(16)30-21/h3-8,10,16,19H,9,11-12H2,1-2H3. The number of sulfone groups is 1. The van der Waals surface area contributed by atoms with Crippen LogP contribution in [0.5, 0.6) is 11.5 Å². The molecule has 0 N–H and O–H groups in total. The number of amidine groups is 1. The van der Waals surface area contributed by atoms with Gasteiger partial charge in [-0.2, -0.15) is 4.99 Å². The summed E-state index contributed by atoms with van der Waals surface area (Å²) in [7, 11) is 0.00294. The molecule has 2 heterocycles. The smallest absolute Gasteiger partial charge is 0.252 e. The fourth-order valence-electron chi connectivity index (χ4n) is 3.80. The maximum absolute atomic E-state index is 12.8. The number of fused-ring (bicyclic) bond motifs is 1. The number of halogens is 1. The molecule has 0 spiro atoms. The normalized spacial score (nSPS) is 23.1. The quantitative estimate of drug-likeness (QED) is 0.509. The van der Waals surface area contributed by atoms with Gasteiger partial charge in [-0.1, -0.05) is 23.9 Å². The Balaban J connectivity index is 1.61. The lowest BCUT2D eigenvalue weighted by molar-refractivity contribution is -0.117. The number of carbonyl (C=O) groups is 1. The molecule has 31 heavy (non-hydrogen) atoms. The van der Waals surface area contributed by atoms with Gasteiger partial charge in [-0.15, -0.1) is 0 Å². The zero-order valence-corrected chi connectivity index (χ0v) is 20.7. The third kappa shape index (κ3) is 4.85. The molecule has 4 rings (SSSR count). The molecule has 2 aliphatic rings. The van der Waals surface area contributed by atoms with Crippen molar-refractivity contribution in [3.8, 4) is 11.5 Å². The second-order valence-electron chi connectivity index (χ2n) is 7.30. The zero-order valence-electron chi connectivity index (χ0n) is 16.9. The molecular formula is C21H21IN2O5S2. The highest BCUT2D eigenvalue weighted by atomic mass is 127. The second-order valence-corrected chi connectivity index (χ2v) is 11.9. The van der Waals surface area contributed by atoms with Crippen LogP contribution in [0.1, 0.15) is 5.56 Å². The lowest BCUT2D eigenvalue weighted by atomic mass is 10.1. The Labute approximate surface area is 199 Å². The van der Waals surface area contributed by atoms with E-state index < -0.39 is 9.84 Å². The minimum Gasteiger partial charge on any atom is -0.493 e. The number of anilines is 1. The Morgan fingerprint density at radius 1 is 1.16 bits per heavy atom. The van der Waals surface area contributed by atoms with Crippen LogP contribution in [0.15, 0.2) is 47.5 Å². The number of rotatable bonds is 5. The molecule has 1 amide bonds. The SMILES string of the molecule is COc1ccc(CC(=O)N=C2SC3CS(=O)(=O)CC3N2c2cccc(I)c2)cc1OC. The van der Waals surface area contributed by atoms with Gasteiger partial charge in [0.05, 0.1) is 38.2 Å². The maximum atomic E-state index is 12.8. The number of carbonyl (C=O) groups excluding carboxylic acids is 1. The molecule has 164 valence electrons. The van der Waals surface area contributed by atoms with Gasteiger partial charge in [0.1, 0.15) is 0 Å². The molecule has 2 aromatic carbocycles. The number of aliphatic imine (C=N–C) groups is 1. The molecule has 0 radical (unpaired) electrons. The number of hydrogen-bond acceptors (Lipinski definition) is 6. The molecule has 0 aromatic heterocycles. The molecule has 2 atom stereocenters. The highest BCUT2D eigenvalue weighted by molar-refractivity contribution is 14.1. The van der Waals surface area contributed by atoms with Crippen LogP contribution in [0.2, 0.25) is 0 Å². The minimum atomic E-state index is -3.10. The Kier molecular flexibility index (Phi) is 6.50. The molecule has 10 heteroatoms. The van der Waals surface area contributed by atoms with Crippen molar-refractivity contribution in [2.75, 3.05) is 30.6 Å². The van der Waals surface area contributed by atoms with Gasteiger partial charge >= 0.3 is 0 Å². The fraction of sp³-hybridized carbons (Fsp3) is 0.333. The van der Waals surface area contributed by atoms with Crippen LogP contribution in [0.25, 0.3) is 0 Å². The van der Waals surface area contributed by atoms with Crippen LogP contribution < -0.4 is 14.4 Å². The topological polar surface area (TPSA) is 85.3 Å². The molecule has 2 aromatic rings. The first kappa shape index (κ1) is 22.4. The van der Waals surface area contributed by atoms with E-state index in [0.29, 0.717) is 16.7 Å². The van der Waals surface area contributed by atoms with Crippen molar-refractivity contribution >= 4 is 61.0 Å². The Morgan fingerprint density at radius 2 is 1.94 bits per heavy atom. The van der Waals surface area contributed by atoms with Gasteiger partial charge in [-0.05, 0) is 58.5 Å². The third-order valence-corrected chi connectivity index (χ3v) is 9.06. The van der Waals surface area contributed by atoms with Crippen molar-refractivity contribution in [2.45, 2.75) is 17.7 Å². The third-order valence-electron chi connectivity index (χ3n) is 5.18. The van der Waals surface area contributed by atoms with E-state index in [1.54, 1.807) is 32.4 Å². The van der Waals surface area contributed by atoms with E-state index in [1.165, 1.54) is 11.8 Å². The molecule has 2 saturated heterocycles. The number of ether oxygens (including phenoxy) is 2. The van der Waals surface area contributed by atoms with Gasteiger partial charge in [0, 0.05) is 14.5 Å². The van der Waals surface area contributed by atoms with Gasteiger partial charge in [0.15, 0.2) is 26.5 Å².